The van der Waals surface area contributed by atoms with Crippen LogP contribution in [0.15, 0.2) is 24.3 Å². The average Bonchev–Trinajstić information content (AvgIpc) is 2.28. The molecule has 0 radical (unpaired) electrons. The number of anilines is 1. The number of para-hydroxylation sites is 1. The summed E-state index contributed by atoms with van der Waals surface area (Å²) in [7, 11) is 0. The molecule has 0 fully saturated rings. The fourth-order valence-corrected chi connectivity index (χ4v) is 1.30. The van der Waals surface area contributed by atoms with Crippen molar-refractivity contribution in [1.29, 1.82) is 0 Å². The van der Waals surface area contributed by atoms with Crippen LogP contribution >= 0.6 is 0 Å². The first-order chi connectivity index (χ1) is 8.70. The zero-order chi connectivity index (χ0) is 14.7. The minimum absolute atomic E-state index is 0.0380. The molecular formula is C11H10F5NO2. The van der Waals surface area contributed by atoms with Crippen LogP contribution in [0.5, 0.6) is 0 Å². The summed E-state index contributed by atoms with van der Waals surface area (Å²) in [4.78, 5) is 11.1. The van der Waals surface area contributed by atoms with Gasteiger partial charge in [-0.05, 0) is 13.0 Å². The van der Waals surface area contributed by atoms with Gasteiger partial charge in [0.05, 0.1) is 17.9 Å². The summed E-state index contributed by atoms with van der Waals surface area (Å²) in [5.74, 6) is -5.07. The quantitative estimate of drug-likeness (QED) is 0.854. The van der Waals surface area contributed by atoms with Gasteiger partial charge in [0.1, 0.15) is 0 Å². The highest BCUT2D eigenvalue weighted by Crippen LogP contribution is 2.46. The first-order valence-electron chi connectivity index (χ1n) is 5.18. The molecule has 1 aromatic carbocycles. The van der Waals surface area contributed by atoms with Gasteiger partial charge in [0.2, 0.25) is 0 Å². The smallest absolute Gasteiger partial charge is 0.450 e. The van der Waals surface area contributed by atoms with Crippen molar-refractivity contribution < 1.29 is 31.5 Å². The monoisotopic (exact) mass is 283 g/mol. The van der Waals surface area contributed by atoms with E-state index in [1.807, 2.05) is 5.32 Å². The second-order valence-electron chi connectivity index (χ2n) is 3.46. The number of carbonyl (C=O) groups is 1. The number of alkyl halides is 5. The third-order valence-electron chi connectivity index (χ3n) is 2.13. The topological polar surface area (TPSA) is 38.3 Å². The summed E-state index contributed by atoms with van der Waals surface area (Å²) in [6.45, 7) is 1.43. The molecule has 0 unspecified atom stereocenters. The van der Waals surface area contributed by atoms with Crippen LogP contribution in [0, 0.1) is 0 Å². The van der Waals surface area contributed by atoms with Crippen LogP contribution in [-0.2, 0) is 10.7 Å². The van der Waals surface area contributed by atoms with Gasteiger partial charge in [-0.2, -0.15) is 22.0 Å². The molecule has 0 aliphatic carbocycles. The number of nitrogens with one attached hydrogen (secondary N) is 1. The Bertz CT molecular complexity index is 459. The van der Waals surface area contributed by atoms with E-state index in [1.54, 1.807) is 0 Å². The molecule has 0 aliphatic heterocycles. The van der Waals surface area contributed by atoms with E-state index in [0.29, 0.717) is 6.07 Å². The number of ether oxygens (including phenoxy) is 1. The van der Waals surface area contributed by atoms with Crippen LogP contribution < -0.4 is 5.32 Å². The normalized spacial score (nSPS) is 12.1. The molecule has 8 heteroatoms. The molecule has 0 spiro atoms. The third-order valence-corrected chi connectivity index (χ3v) is 2.13. The van der Waals surface area contributed by atoms with Gasteiger partial charge in [-0.3, -0.25) is 5.32 Å². The molecule has 1 N–H and O–H groups in total. The molecule has 0 aromatic heterocycles. The summed E-state index contributed by atoms with van der Waals surface area (Å²) in [5, 5.41) is 1.85. The Morgan fingerprint density at radius 3 is 2.32 bits per heavy atom. The lowest BCUT2D eigenvalue weighted by Crippen LogP contribution is -2.34. The Labute approximate surface area is 105 Å². The first kappa shape index (κ1) is 15.2. The van der Waals surface area contributed by atoms with Gasteiger partial charge >= 0.3 is 18.2 Å². The number of hydrogen-bond acceptors (Lipinski definition) is 2. The second-order valence-corrected chi connectivity index (χ2v) is 3.46. The molecule has 0 saturated carbocycles. The minimum atomic E-state index is -5.75. The lowest BCUT2D eigenvalue weighted by Gasteiger charge is -2.22. The zero-order valence-electron chi connectivity index (χ0n) is 9.72. The molecule has 3 nitrogen and oxygen atoms in total. The van der Waals surface area contributed by atoms with E-state index in [9.17, 15) is 26.7 Å². The highest BCUT2D eigenvalue weighted by Gasteiger charge is 2.59. The van der Waals surface area contributed by atoms with Crippen molar-refractivity contribution in [2.75, 3.05) is 11.9 Å². The fourth-order valence-electron chi connectivity index (χ4n) is 1.30. The average molecular weight is 283 g/mol. The van der Waals surface area contributed by atoms with Crippen molar-refractivity contribution in [2.45, 2.75) is 19.0 Å². The predicted octanol–water partition coefficient (Wildman–Crippen LogP) is 3.91. The van der Waals surface area contributed by atoms with Gasteiger partial charge in [0.25, 0.3) is 0 Å². The van der Waals surface area contributed by atoms with Gasteiger partial charge in [-0.15, -0.1) is 0 Å². The van der Waals surface area contributed by atoms with Gasteiger partial charge in [-0.1, -0.05) is 18.2 Å². The number of carbonyl (C=O) groups excluding carboxylic acids is 1. The lowest BCUT2D eigenvalue weighted by molar-refractivity contribution is -0.289. The van der Waals surface area contributed by atoms with Gasteiger partial charge in [0.15, 0.2) is 0 Å². The van der Waals surface area contributed by atoms with Crippen LogP contribution in [0.2, 0.25) is 0 Å². The summed E-state index contributed by atoms with van der Waals surface area (Å²) in [5.41, 5.74) is -1.99. The summed E-state index contributed by atoms with van der Waals surface area (Å²) >= 11 is 0. The van der Waals surface area contributed by atoms with E-state index >= 15 is 0 Å². The standard InChI is InChI=1S/C11H10F5NO2/c1-2-19-9(18)17-8-6-4-3-5-7(8)10(12,13)11(14,15)16/h3-6H,2H2,1H3,(H,17,18). The Hall–Kier alpha value is -1.86. The summed E-state index contributed by atoms with van der Waals surface area (Å²) in [6, 6.07) is 3.77. The molecule has 19 heavy (non-hydrogen) atoms. The van der Waals surface area contributed by atoms with Crippen LogP contribution in [0.3, 0.4) is 0 Å². The molecule has 1 amide bonds. The second kappa shape index (κ2) is 5.41. The predicted molar refractivity (Wildman–Crippen MR) is 57.0 cm³/mol. The highest BCUT2D eigenvalue weighted by molar-refractivity contribution is 5.85. The van der Waals surface area contributed by atoms with E-state index < -0.39 is 29.4 Å². The third kappa shape index (κ3) is 3.33. The van der Waals surface area contributed by atoms with Crippen molar-refractivity contribution in [3.8, 4) is 0 Å². The van der Waals surface area contributed by atoms with Crippen molar-refractivity contribution in [1.82, 2.24) is 0 Å². The number of rotatable bonds is 3. The van der Waals surface area contributed by atoms with Crippen molar-refractivity contribution in [3.05, 3.63) is 29.8 Å². The largest absolute Gasteiger partial charge is 0.458 e. The molecule has 0 atom stereocenters. The fraction of sp³-hybridized carbons (Fsp3) is 0.364. The Morgan fingerprint density at radius 1 is 1.21 bits per heavy atom. The number of amides is 1. The number of hydrogen-bond donors (Lipinski definition) is 1. The maximum Gasteiger partial charge on any atom is 0.458 e. The molecule has 0 aliphatic rings. The van der Waals surface area contributed by atoms with Gasteiger partial charge < -0.3 is 4.74 Å². The van der Waals surface area contributed by atoms with Crippen molar-refractivity contribution >= 4 is 11.8 Å². The Morgan fingerprint density at radius 2 is 1.79 bits per heavy atom. The van der Waals surface area contributed by atoms with Crippen molar-refractivity contribution in [2.24, 2.45) is 0 Å². The zero-order valence-corrected chi connectivity index (χ0v) is 9.72. The van der Waals surface area contributed by atoms with Crippen LogP contribution in [-0.4, -0.2) is 18.9 Å². The number of benzene rings is 1. The molecule has 0 bridgehead atoms. The molecular weight excluding hydrogens is 273 g/mol. The SMILES string of the molecule is CCOC(=O)Nc1ccccc1C(F)(F)C(F)(F)F. The molecule has 0 saturated heterocycles. The van der Waals surface area contributed by atoms with Crippen molar-refractivity contribution in [3.63, 3.8) is 0 Å². The molecule has 106 valence electrons. The Kier molecular flexibility index (Phi) is 4.33. The molecule has 0 heterocycles. The van der Waals surface area contributed by atoms with E-state index in [2.05, 4.69) is 4.74 Å². The van der Waals surface area contributed by atoms with Crippen LogP contribution in [0.1, 0.15) is 12.5 Å². The van der Waals surface area contributed by atoms with Gasteiger partial charge in [0, 0.05) is 0 Å². The minimum Gasteiger partial charge on any atom is -0.450 e. The van der Waals surface area contributed by atoms with E-state index in [4.69, 9.17) is 0 Å². The van der Waals surface area contributed by atoms with E-state index in [0.717, 1.165) is 12.1 Å². The molecule has 1 rings (SSSR count). The van der Waals surface area contributed by atoms with E-state index in [-0.39, 0.29) is 6.61 Å². The van der Waals surface area contributed by atoms with Crippen LogP contribution in [0.25, 0.3) is 0 Å². The first-order valence-corrected chi connectivity index (χ1v) is 5.18. The maximum absolute atomic E-state index is 13.2. The Balaban J connectivity index is 3.13. The maximum atomic E-state index is 13.2. The van der Waals surface area contributed by atoms with E-state index in [1.165, 1.54) is 13.0 Å². The summed E-state index contributed by atoms with van der Waals surface area (Å²) < 4.78 is 67.8. The number of halogens is 5. The molecule has 1 aromatic rings. The summed E-state index contributed by atoms with van der Waals surface area (Å²) in [6.07, 6.45) is -6.85. The van der Waals surface area contributed by atoms with Crippen LogP contribution in [0.4, 0.5) is 32.4 Å². The van der Waals surface area contributed by atoms with Gasteiger partial charge in [-0.25, -0.2) is 4.79 Å². The lowest BCUT2D eigenvalue weighted by atomic mass is 10.1. The highest BCUT2D eigenvalue weighted by atomic mass is 19.4.